The fourth-order valence-electron chi connectivity index (χ4n) is 1.89. The summed E-state index contributed by atoms with van der Waals surface area (Å²) in [6, 6.07) is 11.6. The van der Waals surface area contributed by atoms with Crippen LogP contribution >= 0.6 is 22.9 Å². The maximum atomic E-state index is 6.23. The maximum Gasteiger partial charge on any atom is 0.153 e. The zero-order chi connectivity index (χ0) is 12.5. The maximum absolute atomic E-state index is 6.23. The Labute approximate surface area is 113 Å². The largest absolute Gasteiger partial charge is 0.382 e. The minimum Gasteiger partial charge on any atom is -0.382 e. The monoisotopic (exact) mass is 275 g/mol. The van der Waals surface area contributed by atoms with Gasteiger partial charge in [-0.1, -0.05) is 35.9 Å². The molecule has 3 N–H and O–H groups in total. The van der Waals surface area contributed by atoms with Gasteiger partial charge in [0.05, 0.1) is 16.1 Å². The van der Waals surface area contributed by atoms with Crippen LogP contribution in [0.4, 0.5) is 5.82 Å². The first-order valence-electron chi connectivity index (χ1n) is 5.40. The highest BCUT2D eigenvalue weighted by Gasteiger charge is 2.17. The first-order chi connectivity index (χ1) is 8.77. The van der Waals surface area contributed by atoms with Gasteiger partial charge < -0.3 is 5.73 Å². The second kappa shape index (κ2) is 4.48. The highest BCUT2D eigenvalue weighted by Crippen LogP contribution is 2.39. The summed E-state index contributed by atoms with van der Waals surface area (Å²) in [6.45, 7) is 0. The first-order valence-corrected chi connectivity index (χ1v) is 6.66. The molecule has 0 spiro atoms. The van der Waals surface area contributed by atoms with E-state index in [-0.39, 0.29) is 0 Å². The lowest BCUT2D eigenvalue weighted by molar-refractivity contribution is 1.11. The van der Waals surface area contributed by atoms with Crippen molar-refractivity contribution in [2.24, 2.45) is 0 Å². The SMILES string of the molecule is Nc1n[nH]c(-c2cccs2)c1-c1ccccc1Cl. The number of anilines is 1. The van der Waals surface area contributed by atoms with Crippen molar-refractivity contribution >= 4 is 28.8 Å². The van der Waals surface area contributed by atoms with Crippen molar-refractivity contribution in [3.63, 3.8) is 0 Å². The van der Waals surface area contributed by atoms with E-state index in [0.717, 1.165) is 21.7 Å². The van der Waals surface area contributed by atoms with E-state index in [9.17, 15) is 0 Å². The summed E-state index contributed by atoms with van der Waals surface area (Å²) in [5.74, 6) is 0.464. The van der Waals surface area contributed by atoms with Gasteiger partial charge in [0, 0.05) is 10.6 Å². The summed E-state index contributed by atoms with van der Waals surface area (Å²) >= 11 is 7.86. The molecular weight excluding hydrogens is 266 g/mol. The fraction of sp³-hybridized carbons (Fsp3) is 0. The minimum absolute atomic E-state index is 0.464. The number of H-pyrrole nitrogens is 1. The Kier molecular flexibility index (Phi) is 2.81. The van der Waals surface area contributed by atoms with Crippen LogP contribution in [0.15, 0.2) is 41.8 Å². The number of nitrogens with one attached hydrogen (secondary N) is 1. The van der Waals surface area contributed by atoms with E-state index >= 15 is 0 Å². The van der Waals surface area contributed by atoms with Crippen molar-refractivity contribution in [2.45, 2.75) is 0 Å². The number of aromatic nitrogens is 2. The molecule has 0 bridgehead atoms. The van der Waals surface area contributed by atoms with Crippen LogP contribution in [0.2, 0.25) is 5.02 Å². The van der Waals surface area contributed by atoms with Crippen molar-refractivity contribution in [3.05, 3.63) is 46.8 Å². The summed E-state index contributed by atoms with van der Waals surface area (Å²) in [5.41, 5.74) is 8.63. The summed E-state index contributed by atoms with van der Waals surface area (Å²) < 4.78 is 0. The van der Waals surface area contributed by atoms with Crippen LogP contribution in [0.5, 0.6) is 0 Å². The van der Waals surface area contributed by atoms with Gasteiger partial charge in [0.15, 0.2) is 5.82 Å². The number of halogens is 1. The number of hydrogen-bond acceptors (Lipinski definition) is 3. The molecule has 0 aliphatic carbocycles. The molecular formula is C13H10ClN3S. The van der Waals surface area contributed by atoms with Crippen LogP contribution in [0, 0.1) is 0 Å². The molecule has 0 radical (unpaired) electrons. The molecule has 3 aromatic rings. The smallest absolute Gasteiger partial charge is 0.153 e. The third kappa shape index (κ3) is 1.79. The van der Waals surface area contributed by atoms with Crippen molar-refractivity contribution in [2.75, 3.05) is 5.73 Å². The number of benzene rings is 1. The Hall–Kier alpha value is -1.78. The van der Waals surface area contributed by atoms with Gasteiger partial charge >= 0.3 is 0 Å². The predicted octanol–water partition coefficient (Wildman–Crippen LogP) is 4.04. The zero-order valence-electron chi connectivity index (χ0n) is 9.35. The van der Waals surface area contributed by atoms with Gasteiger partial charge in [0.1, 0.15) is 0 Å². The molecule has 1 aromatic carbocycles. The summed E-state index contributed by atoms with van der Waals surface area (Å²) in [6.07, 6.45) is 0. The van der Waals surface area contributed by atoms with Crippen LogP contribution in [-0.4, -0.2) is 10.2 Å². The van der Waals surface area contributed by atoms with Crippen LogP contribution < -0.4 is 5.73 Å². The summed E-state index contributed by atoms with van der Waals surface area (Å²) in [5, 5.41) is 9.76. The van der Waals surface area contributed by atoms with Crippen molar-refractivity contribution in [1.29, 1.82) is 0 Å². The number of rotatable bonds is 2. The molecule has 3 rings (SSSR count). The standard InChI is InChI=1S/C13H10ClN3S/c14-9-5-2-1-4-8(9)11-12(16-17-13(11)15)10-6-3-7-18-10/h1-7H,(H3,15,16,17). The van der Waals surface area contributed by atoms with Gasteiger partial charge in [-0.3, -0.25) is 5.10 Å². The molecule has 18 heavy (non-hydrogen) atoms. The average molecular weight is 276 g/mol. The first kappa shape index (κ1) is 11.3. The lowest BCUT2D eigenvalue weighted by Gasteiger charge is -2.05. The Balaban J connectivity index is 2.24. The average Bonchev–Trinajstić information content (AvgIpc) is 2.99. The zero-order valence-corrected chi connectivity index (χ0v) is 10.9. The van der Waals surface area contributed by atoms with Crippen molar-refractivity contribution in [3.8, 4) is 21.7 Å². The molecule has 0 amide bonds. The molecule has 3 nitrogen and oxygen atoms in total. The van der Waals surface area contributed by atoms with Crippen molar-refractivity contribution in [1.82, 2.24) is 10.2 Å². The van der Waals surface area contributed by atoms with Crippen LogP contribution in [0.25, 0.3) is 21.7 Å². The summed E-state index contributed by atoms with van der Waals surface area (Å²) in [7, 11) is 0. The molecule has 5 heteroatoms. The van der Waals surface area contributed by atoms with E-state index in [2.05, 4.69) is 10.2 Å². The molecule has 90 valence electrons. The third-order valence-corrected chi connectivity index (χ3v) is 3.92. The van der Waals surface area contributed by atoms with Crippen LogP contribution in [0.3, 0.4) is 0 Å². The quantitative estimate of drug-likeness (QED) is 0.741. The van der Waals surface area contributed by atoms with Gasteiger partial charge in [-0.05, 0) is 17.5 Å². The molecule has 0 unspecified atom stereocenters. The Morgan fingerprint density at radius 1 is 1.17 bits per heavy atom. The lowest BCUT2D eigenvalue weighted by Crippen LogP contribution is -1.89. The summed E-state index contributed by atoms with van der Waals surface area (Å²) in [4.78, 5) is 1.09. The van der Waals surface area contributed by atoms with Gasteiger partial charge in [0.25, 0.3) is 0 Å². The number of nitrogens with two attached hydrogens (primary N) is 1. The van der Waals surface area contributed by atoms with E-state index in [4.69, 9.17) is 17.3 Å². The van der Waals surface area contributed by atoms with E-state index < -0.39 is 0 Å². The number of thiophene rings is 1. The molecule has 2 heterocycles. The van der Waals surface area contributed by atoms with E-state index in [1.807, 2.05) is 41.8 Å². The van der Waals surface area contributed by atoms with Crippen LogP contribution in [0.1, 0.15) is 0 Å². The number of nitrogens with zero attached hydrogens (tertiary/aromatic N) is 1. The third-order valence-electron chi connectivity index (χ3n) is 2.71. The molecule has 0 saturated carbocycles. The highest BCUT2D eigenvalue weighted by atomic mass is 35.5. The van der Waals surface area contributed by atoms with Gasteiger partial charge in [-0.25, -0.2) is 0 Å². The molecule has 2 aromatic heterocycles. The Bertz CT molecular complexity index is 673. The van der Waals surface area contributed by atoms with Gasteiger partial charge in [-0.2, -0.15) is 5.10 Å². The minimum atomic E-state index is 0.464. The molecule has 0 aliphatic rings. The van der Waals surface area contributed by atoms with Crippen molar-refractivity contribution < 1.29 is 0 Å². The predicted molar refractivity (Wildman–Crippen MR) is 76.8 cm³/mol. The van der Waals surface area contributed by atoms with Crippen LogP contribution in [-0.2, 0) is 0 Å². The Morgan fingerprint density at radius 2 is 2.00 bits per heavy atom. The van der Waals surface area contributed by atoms with Gasteiger partial charge in [-0.15, -0.1) is 11.3 Å². The number of aromatic amines is 1. The Morgan fingerprint density at radius 3 is 2.72 bits per heavy atom. The van der Waals surface area contributed by atoms with E-state index in [0.29, 0.717) is 10.8 Å². The molecule has 0 aliphatic heterocycles. The second-order valence-electron chi connectivity index (χ2n) is 3.82. The number of nitrogen functional groups attached to an aromatic ring is 1. The van der Waals surface area contributed by atoms with E-state index in [1.165, 1.54) is 0 Å². The lowest BCUT2D eigenvalue weighted by atomic mass is 10.0. The highest BCUT2D eigenvalue weighted by molar-refractivity contribution is 7.13. The van der Waals surface area contributed by atoms with Gasteiger partial charge in [0.2, 0.25) is 0 Å². The topological polar surface area (TPSA) is 54.7 Å². The second-order valence-corrected chi connectivity index (χ2v) is 5.17. The molecule has 0 saturated heterocycles. The molecule has 0 atom stereocenters. The molecule has 0 fully saturated rings. The fourth-order valence-corrected chi connectivity index (χ4v) is 2.85. The number of hydrogen-bond donors (Lipinski definition) is 2. The van der Waals surface area contributed by atoms with E-state index in [1.54, 1.807) is 11.3 Å². The normalized spacial score (nSPS) is 10.7.